The molecule has 0 bridgehead atoms. The number of carbonyl (C=O) groups excluding carboxylic acids is 1. The van der Waals surface area contributed by atoms with E-state index in [1.54, 1.807) is 31.9 Å². The first-order chi connectivity index (χ1) is 8.40. The monoisotopic (exact) mass is 254 g/mol. The Morgan fingerprint density at radius 3 is 2.72 bits per heavy atom. The van der Waals surface area contributed by atoms with Crippen LogP contribution in [0.25, 0.3) is 0 Å². The van der Waals surface area contributed by atoms with Crippen molar-refractivity contribution in [1.82, 2.24) is 14.7 Å². The molecule has 0 fully saturated rings. The molecule has 1 rings (SSSR count). The van der Waals surface area contributed by atoms with Gasteiger partial charge in [0.25, 0.3) is 0 Å². The molecule has 0 aliphatic rings. The van der Waals surface area contributed by atoms with E-state index >= 15 is 0 Å². The Labute approximate surface area is 105 Å². The van der Waals surface area contributed by atoms with Gasteiger partial charge in [0, 0.05) is 33.3 Å². The second-order valence-electron chi connectivity index (χ2n) is 4.15. The summed E-state index contributed by atoms with van der Waals surface area (Å²) in [6.07, 6.45) is 2.22. The van der Waals surface area contributed by atoms with Crippen molar-refractivity contribution in [2.24, 2.45) is 7.05 Å². The Bertz CT molecular complexity index is 441. The topological polar surface area (TPSA) is 87.5 Å². The van der Waals surface area contributed by atoms with Crippen LogP contribution in [-0.2, 0) is 11.8 Å². The van der Waals surface area contributed by atoms with Crippen LogP contribution in [0.1, 0.15) is 18.5 Å². The molecule has 0 unspecified atom stereocenters. The summed E-state index contributed by atoms with van der Waals surface area (Å²) in [5.41, 5.74) is 1.40. The summed E-state index contributed by atoms with van der Waals surface area (Å²) in [6.45, 7) is 2.21. The SMILES string of the molecule is Cc1nn(C)cc1NC(=O)N(C)CCCC(=O)O. The Kier molecular flexibility index (Phi) is 4.70. The van der Waals surface area contributed by atoms with E-state index in [2.05, 4.69) is 10.4 Å². The van der Waals surface area contributed by atoms with Crippen LogP contribution in [0.2, 0.25) is 0 Å². The van der Waals surface area contributed by atoms with Crippen molar-refractivity contribution < 1.29 is 14.7 Å². The highest BCUT2D eigenvalue weighted by atomic mass is 16.4. The molecule has 2 N–H and O–H groups in total. The summed E-state index contributed by atoms with van der Waals surface area (Å²) in [7, 11) is 3.40. The molecular formula is C11H18N4O3. The molecule has 0 spiro atoms. The van der Waals surface area contributed by atoms with Gasteiger partial charge in [0.1, 0.15) is 0 Å². The predicted molar refractivity (Wildman–Crippen MR) is 66.5 cm³/mol. The van der Waals surface area contributed by atoms with Gasteiger partial charge in [0.15, 0.2) is 0 Å². The third-order valence-corrected chi connectivity index (χ3v) is 2.49. The molecule has 7 heteroatoms. The summed E-state index contributed by atoms with van der Waals surface area (Å²) in [5.74, 6) is -0.855. The van der Waals surface area contributed by atoms with Gasteiger partial charge < -0.3 is 15.3 Å². The molecule has 1 heterocycles. The maximum absolute atomic E-state index is 11.8. The van der Waals surface area contributed by atoms with Crippen LogP contribution >= 0.6 is 0 Å². The number of carboxylic acid groups (broad SMARTS) is 1. The quantitative estimate of drug-likeness (QED) is 0.822. The fourth-order valence-electron chi connectivity index (χ4n) is 1.50. The Morgan fingerprint density at radius 1 is 1.56 bits per heavy atom. The van der Waals surface area contributed by atoms with Crippen molar-refractivity contribution in [2.45, 2.75) is 19.8 Å². The number of aliphatic carboxylic acids is 1. The number of anilines is 1. The average molecular weight is 254 g/mol. The van der Waals surface area contributed by atoms with Crippen LogP contribution in [-0.4, -0.2) is 45.4 Å². The minimum absolute atomic E-state index is 0.0591. The lowest BCUT2D eigenvalue weighted by Gasteiger charge is -2.16. The van der Waals surface area contributed by atoms with Gasteiger partial charge >= 0.3 is 12.0 Å². The van der Waals surface area contributed by atoms with Gasteiger partial charge in [0.05, 0.1) is 11.4 Å². The molecule has 0 aliphatic heterocycles. The third kappa shape index (κ3) is 4.08. The first-order valence-electron chi connectivity index (χ1n) is 5.64. The number of rotatable bonds is 5. The predicted octanol–water partition coefficient (Wildman–Crippen LogP) is 1.06. The number of carbonyl (C=O) groups is 2. The fraction of sp³-hybridized carbons (Fsp3) is 0.545. The number of aryl methyl sites for hydroxylation is 2. The zero-order valence-electron chi connectivity index (χ0n) is 10.8. The maximum atomic E-state index is 11.8. The molecule has 0 saturated carbocycles. The van der Waals surface area contributed by atoms with Gasteiger partial charge in [-0.3, -0.25) is 9.48 Å². The standard InChI is InChI=1S/C11H18N4O3/c1-8-9(7-15(3)13-8)12-11(18)14(2)6-4-5-10(16)17/h7H,4-6H2,1-3H3,(H,12,18)(H,16,17). The largest absolute Gasteiger partial charge is 0.481 e. The lowest BCUT2D eigenvalue weighted by atomic mass is 10.3. The van der Waals surface area contributed by atoms with Crippen LogP contribution in [0, 0.1) is 6.92 Å². The zero-order valence-corrected chi connectivity index (χ0v) is 10.8. The zero-order chi connectivity index (χ0) is 13.7. The van der Waals surface area contributed by atoms with E-state index in [9.17, 15) is 9.59 Å². The lowest BCUT2D eigenvalue weighted by molar-refractivity contribution is -0.137. The summed E-state index contributed by atoms with van der Waals surface area (Å²) in [5, 5.41) is 15.3. The normalized spacial score (nSPS) is 10.2. The molecule has 2 amide bonds. The number of nitrogens with zero attached hydrogens (tertiary/aromatic N) is 3. The van der Waals surface area contributed by atoms with Crippen molar-refractivity contribution >= 4 is 17.7 Å². The highest BCUT2D eigenvalue weighted by Gasteiger charge is 2.12. The number of hydrogen-bond donors (Lipinski definition) is 2. The van der Waals surface area contributed by atoms with Gasteiger partial charge in [0.2, 0.25) is 0 Å². The minimum Gasteiger partial charge on any atom is -0.481 e. The third-order valence-electron chi connectivity index (χ3n) is 2.49. The molecule has 0 atom stereocenters. The summed E-state index contributed by atoms with van der Waals surface area (Å²) in [4.78, 5) is 23.6. The smallest absolute Gasteiger partial charge is 0.321 e. The molecule has 1 aromatic heterocycles. The van der Waals surface area contributed by atoms with Crippen molar-refractivity contribution in [3.63, 3.8) is 0 Å². The van der Waals surface area contributed by atoms with Gasteiger partial charge in [-0.15, -0.1) is 0 Å². The molecule has 100 valence electrons. The number of amides is 2. The highest BCUT2D eigenvalue weighted by molar-refractivity contribution is 5.89. The Morgan fingerprint density at radius 2 is 2.22 bits per heavy atom. The van der Waals surface area contributed by atoms with Gasteiger partial charge in [-0.05, 0) is 13.3 Å². The van der Waals surface area contributed by atoms with Crippen LogP contribution in [0.5, 0.6) is 0 Å². The van der Waals surface area contributed by atoms with Crippen LogP contribution < -0.4 is 5.32 Å². The molecule has 1 aromatic rings. The van der Waals surface area contributed by atoms with E-state index in [1.165, 1.54) is 4.90 Å². The molecule has 18 heavy (non-hydrogen) atoms. The highest BCUT2D eigenvalue weighted by Crippen LogP contribution is 2.11. The second kappa shape index (κ2) is 6.04. The number of urea groups is 1. The van der Waals surface area contributed by atoms with E-state index < -0.39 is 5.97 Å². The molecule has 0 aliphatic carbocycles. The second-order valence-corrected chi connectivity index (χ2v) is 4.15. The van der Waals surface area contributed by atoms with Crippen LogP contribution in [0.15, 0.2) is 6.20 Å². The molecular weight excluding hydrogens is 236 g/mol. The minimum atomic E-state index is -0.855. The van der Waals surface area contributed by atoms with Crippen molar-refractivity contribution in [1.29, 1.82) is 0 Å². The Balaban J connectivity index is 2.44. The molecule has 0 aromatic carbocycles. The van der Waals surface area contributed by atoms with E-state index in [4.69, 9.17) is 5.11 Å². The number of carboxylic acids is 1. The molecule has 7 nitrogen and oxygen atoms in total. The first-order valence-corrected chi connectivity index (χ1v) is 5.64. The first kappa shape index (κ1) is 14.0. The summed E-state index contributed by atoms with van der Waals surface area (Å²) >= 11 is 0. The van der Waals surface area contributed by atoms with E-state index in [0.717, 1.165) is 5.69 Å². The maximum Gasteiger partial charge on any atom is 0.321 e. The number of nitrogens with one attached hydrogen (secondary N) is 1. The average Bonchev–Trinajstić information content (AvgIpc) is 2.56. The fourth-order valence-corrected chi connectivity index (χ4v) is 1.50. The number of aromatic nitrogens is 2. The summed E-state index contributed by atoms with van der Waals surface area (Å²) < 4.78 is 1.62. The molecule has 0 radical (unpaired) electrons. The van der Waals surface area contributed by atoms with Crippen LogP contribution in [0.4, 0.5) is 10.5 Å². The van der Waals surface area contributed by atoms with Crippen LogP contribution in [0.3, 0.4) is 0 Å². The van der Waals surface area contributed by atoms with Gasteiger partial charge in [-0.1, -0.05) is 0 Å². The van der Waals surface area contributed by atoms with Gasteiger partial charge in [-0.2, -0.15) is 5.10 Å². The van der Waals surface area contributed by atoms with Gasteiger partial charge in [-0.25, -0.2) is 4.79 Å². The van der Waals surface area contributed by atoms with Crippen molar-refractivity contribution in [3.8, 4) is 0 Å². The van der Waals surface area contributed by atoms with E-state index in [1.807, 2.05) is 0 Å². The van der Waals surface area contributed by atoms with E-state index in [0.29, 0.717) is 18.7 Å². The number of hydrogen-bond acceptors (Lipinski definition) is 3. The molecule has 0 saturated heterocycles. The Hall–Kier alpha value is -2.05. The lowest BCUT2D eigenvalue weighted by Crippen LogP contribution is -2.32. The van der Waals surface area contributed by atoms with Crippen molar-refractivity contribution in [3.05, 3.63) is 11.9 Å². The summed E-state index contributed by atoms with van der Waals surface area (Å²) in [6, 6.07) is -0.267. The van der Waals surface area contributed by atoms with E-state index in [-0.39, 0.29) is 12.5 Å². The van der Waals surface area contributed by atoms with Crippen molar-refractivity contribution in [2.75, 3.05) is 18.9 Å².